The first kappa shape index (κ1) is 23.2. The first-order chi connectivity index (χ1) is 18.0. The van der Waals surface area contributed by atoms with Crippen molar-refractivity contribution in [2.75, 3.05) is 13.4 Å². The maximum absolute atomic E-state index is 13.8. The van der Waals surface area contributed by atoms with E-state index in [1.165, 1.54) is 0 Å². The highest BCUT2D eigenvalue weighted by molar-refractivity contribution is 5.99. The number of carbonyl (C=O) groups excluding carboxylic acids is 1. The molecule has 188 valence electrons. The van der Waals surface area contributed by atoms with Gasteiger partial charge in [0.2, 0.25) is 12.6 Å². The van der Waals surface area contributed by atoms with Crippen LogP contribution in [0.3, 0.4) is 0 Å². The van der Waals surface area contributed by atoms with Crippen LogP contribution in [0, 0.1) is 5.92 Å². The predicted molar refractivity (Wildman–Crippen MR) is 138 cm³/mol. The van der Waals surface area contributed by atoms with Crippen molar-refractivity contribution in [3.63, 3.8) is 0 Å². The molecule has 1 atom stereocenters. The van der Waals surface area contributed by atoms with Crippen LogP contribution in [0.4, 0.5) is 0 Å². The number of carbonyl (C=O) groups is 1. The van der Waals surface area contributed by atoms with Crippen LogP contribution in [0.2, 0.25) is 0 Å². The zero-order chi connectivity index (χ0) is 25.5. The average molecular weight is 498 g/mol. The zero-order valence-electron chi connectivity index (χ0n) is 20.7. The van der Waals surface area contributed by atoms with Gasteiger partial charge in [-0.3, -0.25) is 9.59 Å². The number of amides is 1. The second-order valence-corrected chi connectivity index (χ2v) is 9.80. The monoisotopic (exact) mass is 497 g/mol. The van der Waals surface area contributed by atoms with E-state index >= 15 is 0 Å². The Morgan fingerprint density at radius 3 is 2.68 bits per heavy atom. The molecule has 0 spiro atoms. The summed E-state index contributed by atoms with van der Waals surface area (Å²) in [6.07, 6.45) is 0.931. The zero-order valence-corrected chi connectivity index (χ0v) is 20.7. The standard InChI is InChI=1S/C30H27NO6/c1-18(2)12-13-34-21-7-5-6-20(15-21)27-26-28(32)22-8-3-4-9-23(22)37-29(26)30(33)31(27)16-19-10-11-24-25(14-19)36-17-35-24/h3-11,14-15,18,27H,12-13,16-17H2,1-2H3. The van der Waals surface area contributed by atoms with Gasteiger partial charge in [0.15, 0.2) is 16.9 Å². The normalized spacial score (nSPS) is 16.0. The lowest BCUT2D eigenvalue weighted by Gasteiger charge is -2.25. The molecule has 0 radical (unpaired) electrons. The van der Waals surface area contributed by atoms with Crippen molar-refractivity contribution >= 4 is 16.9 Å². The highest BCUT2D eigenvalue weighted by Crippen LogP contribution is 2.41. The van der Waals surface area contributed by atoms with Crippen LogP contribution in [-0.4, -0.2) is 24.2 Å². The molecule has 0 fully saturated rings. The summed E-state index contributed by atoms with van der Waals surface area (Å²) in [7, 11) is 0. The third kappa shape index (κ3) is 4.20. The van der Waals surface area contributed by atoms with Crippen LogP contribution in [0.25, 0.3) is 11.0 Å². The SMILES string of the molecule is CC(C)CCOc1cccc(C2c3c(oc4ccccc4c3=O)C(=O)N2Cc2ccc3c(c2)OCO3)c1. The molecule has 7 nitrogen and oxygen atoms in total. The Labute approximate surface area is 214 Å². The Kier molecular flexibility index (Phi) is 5.83. The van der Waals surface area contributed by atoms with Gasteiger partial charge in [0.25, 0.3) is 5.91 Å². The van der Waals surface area contributed by atoms with Gasteiger partial charge in [-0.25, -0.2) is 0 Å². The number of hydrogen-bond acceptors (Lipinski definition) is 6. The van der Waals surface area contributed by atoms with Gasteiger partial charge in [0, 0.05) is 6.54 Å². The smallest absolute Gasteiger partial charge is 0.291 e. The molecule has 3 heterocycles. The predicted octanol–water partition coefficient (Wildman–Crippen LogP) is 5.69. The molecular formula is C30H27NO6. The van der Waals surface area contributed by atoms with E-state index in [0.29, 0.717) is 46.3 Å². The lowest BCUT2D eigenvalue weighted by atomic mass is 9.98. The second-order valence-electron chi connectivity index (χ2n) is 9.80. The van der Waals surface area contributed by atoms with Crippen molar-refractivity contribution in [3.05, 3.63) is 99.4 Å². The molecule has 0 aliphatic carbocycles. The van der Waals surface area contributed by atoms with Crippen molar-refractivity contribution in [3.8, 4) is 17.2 Å². The van der Waals surface area contributed by atoms with Crippen molar-refractivity contribution in [2.45, 2.75) is 32.9 Å². The Morgan fingerprint density at radius 1 is 0.973 bits per heavy atom. The van der Waals surface area contributed by atoms with Gasteiger partial charge in [-0.2, -0.15) is 0 Å². The summed E-state index contributed by atoms with van der Waals surface area (Å²) in [5.41, 5.74) is 2.20. The molecule has 0 N–H and O–H groups in total. The van der Waals surface area contributed by atoms with Gasteiger partial charge in [0.1, 0.15) is 11.3 Å². The largest absolute Gasteiger partial charge is 0.494 e. The van der Waals surface area contributed by atoms with Crippen molar-refractivity contribution < 1.29 is 23.4 Å². The van der Waals surface area contributed by atoms with E-state index in [-0.39, 0.29) is 30.4 Å². The molecule has 1 amide bonds. The molecule has 37 heavy (non-hydrogen) atoms. The molecule has 2 aliphatic rings. The number of nitrogens with zero attached hydrogens (tertiary/aromatic N) is 1. The molecule has 0 saturated heterocycles. The maximum Gasteiger partial charge on any atom is 0.291 e. The lowest BCUT2D eigenvalue weighted by Crippen LogP contribution is -2.29. The van der Waals surface area contributed by atoms with Gasteiger partial charge in [0.05, 0.1) is 23.6 Å². The molecule has 2 aliphatic heterocycles. The maximum atomic E-state index is 13.8. The van der Waals surface area contributed by atoms with E-state index in [1.54, 1.807) is 29.2 Å². The lowest BCUT2D eigenvalue weighted by molar-refractivity contribution is 0.0714. The fourth-order valence-electron chi connectivity index (χ4n) is 4.90. The van der Waals surface area contributed by atoms with E-state index in [0.717, 1.165) is 17.5 Å². The Balaban J connectivity index is 1.44. The highest BCUT2D eigenvalue weighted by atomic mass is 16.7. The third-order valence-electron chi connectivity index (χ3n) is 6.80. The summed E-state index contributed by atoms with van der Waals surface area (Å²) in [5, 5.41) is 0.452. The van der Waals surface area contributed by atoms with E-state index in [4.69, 9.17) is 18.6 Å². The third-order valence-corrected chi connectivity index (χ3v) is 6.80. The summed E-state index contributed by atoms with van der Waals surface area (Å²) in [5.74, 6) is 2.29. The summed E-state index contributed by atoms with van der Waals surface area (Å²) in [6, 6.07) is 19.6. The molecule has 1 aromatic heterocycles. The van der Waals surface area contributed by atoms with Crippen molar-refractivity contribution in [1.82, 2.24) is 4.90 Å². The molecule has 1 unspecified atom stereocenters. The average Bonchev–Trinajstić information content (AvgIpc) is 3.47. The summed E-state index contributed by atoms with van der Waals surface area (Å²) < 4.78 is 23.0. The molecule has 6 rings (SSSR count). The number of benzene rings is 3. The van der Waals surface area contributed by atoms with Gasteiger partial charge < -0.3 is 23.5 Å². The minimum Gasteiger partial charge on any atom is -0.494 e. The molecule has 3 aromatic carbocycles. The summed E-state index contributed by atoms with van der Waals surface area (Å²) in [6.45, 7) is 5.33. The summed E-state index contributed by atoms with van der Waals surface area (Å²) in [4.78, 5) is 29.2. The Bertz CT molecular complexity index is 1560. The van der Waals surface area contributed by atoms with E-state index < -0.39 is 6.04 Å². The molecule has 4 aromatic rings. The first-order valence-electron chi connectivity index (χ1n) is 12.5. The summed E-state index contributed by atoms with van der Waals surface area (Å²) >= 11 is 0. The first-order valence-corrected chi connectivity index (χ1v) is 12.5. The van der Waals surface area contributed by atoms with Crippen LogP contribution in [0.1, 0.15) is 53.6 Å². The Hall–Kier alpha value is -4.26. The number of ether oxygens (including phenoxy) is 3. The Morgan fingerprint density at radius 2 is 1.81 bits per heavy atom. The van der Waals surface area contributed by atoms with Crippen LogP contribution in [0.15, 0.2) is 75.9 Å². The molecule has 7 heteroatoms. The highest BCUT2D eigenvalue weighted by Gasteiger charge is 2.43. The minimum absolute atomic E-state index is 0.0839. The van der Waals surface area contributed by atoms with Crippen LogP contribution >= 0.6 is 0 Å². The quantitative estimate of drug-likeness (QED) is 0.326. The van der Waals surface area contributed by atoms with E-state index in [9.17, 15) is 9.59 Å². The van der Waals surface area contributed by atoms with Crippen molar-refractivity contribution in [2.24, 2.45) is 5.92 Å². The number of fused-ring (bicyclic) bond motifs is 3. The number of rotatable bonds is 7. The van der Waals surface area contributed by atoms with E-state index in [2.05, 4.69) is 13.8 Å². The fraction of sp³-hybridized carbons (Fsp3) is 0.267. The van der Waals surface area contributed by atoms with Crippen LogP contribution in [0.5, 0.6) is 17.2 Å². The van der Waals surface area contributed by atoms with E-state index in [1.807, 2.05) is 42.5 Å². The minimum atomic E-state index is -0.623. The van der Waals surface area contributed by atoms with Gasteiger partial charge in [-0.15, -0.1) is 0 Å². The van der Waals surface area contributed by atoms with Gasteiger partial charge in [-0.05, 0) is 59.9 Å². The van der Waals surface area contributed by atoms with Crippen LogP contribution in [-0.2, 0) is 6.54 Å². The van der Waals surface area contributed by atoms with Crippen LogP contribution < -0.4 is 19.6 Å². The molecule has 0 bridgehead atoms. The second kappa shape index (κ2) is 9.32. The number of para-hydroxylation sites is 1. The van der Waals surface area contributed by atoms with Gasteiger partial charge in [-0.1, -0.05) is 44.2 Å². The van der Waals surface area contributed by atoms with Gasteiger partial charge >= 0.3 is 0 Å². The van der Waals surface area contributed by atoms with Crippen molar-refractivity contribution in [1.29, 1.82) is 0 Å². The molecular weight excluding hydrogens is 470 g/mol. The number of hydrogen-bond donors (Lipinski definition) is 0. The fourth-order valence-corrected chi connectivity index (χ4v) is 4.90. The topological polar surface area (TPSA) is 78.2 Å². The molecule has 0 saturated carbocycles.